The van der Waals surface area contributed by atoms with Crippen LogP contribution in [0.4, 0.5) is 0 Å². The van der Waals surface area contributed by atoms with Crippen LogP contribution in [0.1, 0.15) is 42.1 Å². The van der Waals surface area contributed by atoms with E-state index in [0.29, 0.717) is 0 Å². The molecule has 20 heavy (non-hydrogen) atoms. The van der Waals surface area contributed by atoms with E-state index in [2.05, 4.69) is 35.6 Å². The van der Waals surface area contributed by atoms with E-state index in [1.165, 1.54) is 5.56 Å². The van der Waals surface area contributed by atoms with Crippen molar-refractivity contribution in [2.75, 3.05) is 6.54 Å². The van der Waals surface area contributed by atoms with Gasteiger partial charge >= 0.3 is 5.97 Å². The van der Waals surface area contributed by atoms with Gasteiger partial charge in [0.2, 0.25) is 0 Å². The normalized spacial score (nSPS) is 25.0. The molecule has 0 unspecified atom stereocenters. The van der Waals surface area contributed by atoms with Crippen LogP contribution < -0.4 is 10.9 Å². The SMILES string of the molecule is C=Cc1ccc2c(c1)[C@H](OC(=O)[C@@H]1CCCNN1)CC2. The van der Waals surface area contributed by atoms with Gasteiger partial charge in [-0.2, -0.15) is 0 Å². The summed E-state index contributed by atoms with van der Waals surface area (Å²) in [5.41, 5.74) is 9.50. The van der Waals surface area contributed by atoms with Gasteiger partial charge in [-0.1, -0.05) is 24.8 Å². The van der Waals surface area contributed by atoms with E-state index in [0.717, 1.165) is 43.4 Å². The zero-order valence-electron chi connectivity index (χ0n) is 11.5. The van der Waals surface area contributed by atoms with E-state index >= 15 is 0 Å². The Morgan fingerprint density at radius 1 is 1.40 bits per heavy atom. The minimum absolute atomic E-state index is 0.110. The topological polar surface area (TPSA) is 50.4 Å². The molecule has 4 heteroatoms. The fourth-order valence-electron chi connectivity index (χ4n) is 2.89. The molecule has 0 amide bonds. The number of hydrazine groups is 1. The van der Waals surface area contributed by atoms with Crippen molar-refractivity contribution in [2.24, 2.45) is 0 Å². The molecule has 1 fully saturated rings. The molecular weight excluding hydrogens is 252 g/mol. The Labute approximate surface area is 119 Å². The molecule has 4 nitrogen and oxygen atoms in total. The molecule has 2 aliphatic rings. The number of rotatable bonds is 3. The predicted molar refractivity (Wildman–Crippen MR) is 77.8 cm³/mol. The van der Waals surface area contributed by atoms with Crippen LogP contribution in [-0.2, 0) is 16.0 Å². The van der Waals surface area contributed by atoms with Crippen molar-refractivity contribution in [1.82, 2.24) is 10.9 Å². The number of aryl methyl sites for hydroxylation is 1. The third-order valence-electron chi connectivity index (χ3n) is 4.04. The van der Waals surface area contributed by atoms with Gasteiger partial charge in [-0.05, 0) is 48.4 Å². The summed E-state index contributed by atoms with van der Waals surface area (Å²) >= 11 is 0. The first kappa shape index (κ1) is 13.3. The van der Waals surface area contributed by atoms with Crippen molar-refractivity contribution in [3.8, 4) is 0 Å². The maximum atomic E-state index is 12.2. The number of fused-ring (bicyclic) bond motifs is 1. The summed E-state index contributed by atoms with van der Waals surface area (Å²) < 4.78 is 5.70. The van der Waals surface area contributed by atoms with Gasteiger partial charge in [0.05, 0.1) is 0 Å². The number of ether oxygens (including phenoxy) is 1. The van der Waals surface area contributed by atoms with Crippen LogP contribution in [0, 0.1) is 0 Å². The van der Waals surface area contributed by atoms with Crippen molar-refractivity contribution >= 4 is 12.0 Å². The molecule has 1 aliphatic heterocycles. The first-order valence-electron chi connectivity index (χ1n) is 7.22. The highest BCUT2D eigenvalue weighted by Crippen LogP contribution is 2.35. The van der Waals surface area contributed by atoms with Gasteiger partial charge in [0.1, 0.15) is 12.1 Å². The summed E-state index contributed by atoms with van der Waals surface area (Å²) in [6.07, 6.45) is 5.39. The lowest BCUT2D eigenvalue weighted by molar-refractivity contribution is -0.153. The van der Waals surface area contributed by atoms with Crippen LogP contribution in [0.5, 0.6) is 0 Å². The fourth-order valence-corrected chi connectivity index (χ4v) is 2.89. The average Bonchev–Trinajstić information content (AvgIpc) is 2.90. The molecule has 106 valence electrons. The first-order valence-corrected chi connectivity index (χ1v) is 7.22. The Balaban J connectivity index is 1.70. The Kier molecular flexibility index (Phi) is 3.85. The summed E-state index contributed by atoms with van der Waals surface area (Å²) in [6.45, 7) is 4.69. The van der Waals surface area contributed by atoms with Crippen LogP contribution in [0.15, 0.2) is 24.8 Å². The second kappa shape index (κ2) is 5.77. The Bertz CT molecular complexity index is 521. The highest BCUT2D eigenvalue weighted by molar-refractivity contribution is 5.76. The lowest BCUT2D eigenvalue weighted by atomic mass is 10.1. The molecule has 0 radical (unpaired) electrons. The maximum Gasteiger partial charge on any atom is 0.325 e. The molecule has 1 aromatic carbocycles. The van der Waals surface area contributed by atoms with Crippen molar-refractivity contribution in [3.05, 3.63) is 41.5 Å². The minimum atomic E-state index is -0.226. The molecule has 0 aromatic heterocycles. The second-order valence-corrected chi connectivity index (χ2v) is 5.39. The van der Waals surface area contributed by atoms with Crippen molar-refractivity contribution in [3.63, 3.8) is 0 Å². The van der Waals surface area contributed by atoms with Crippen LogP contribution >= 0.6 is 0 Å². The lowest BCUT2D eigenvalue weighted by Crippen LogP contribution is -2.50. The highest BCUT2D eigenvalue weighted by Gasteiger charge is 2.29. The predicted octanol–water partition coefficient (Wildman–Crippen LogP) is 2.12. The fraction of sp³-hybridized carbons (Fsp3) is 0.438. The van der Waals surface area contributed by atoms with Gasteiger partial charge in [-0.15, -0.1) is 0 Å². The smallest absolute Gasteiger partial charge is 0.325 e. The summed E-state index contributed by atoms with van der Waals surface area (Å²) in [5, 5.41) is 0. The van der Waals surface area contributed by atoms with E-state index < -0.39 is 0 Å². The zero-order chi connectivity index (χ0) is 13.9. The number of carbonyl (C=O) groups excluding carboxylic acids is 1. The summed E-state index contributed by atoms with van der Waals surface area (Å²) in [5.74, 6) is -0.154. The van der Waals surface area contributed by atoms with Crippen LogP contribution in [0.25, 0.3) is 6.08 Å². The Morgan fingerprint density at radius 3 is 3.05 bits per heavy atom. The van der Waals surface area contributed by atoms with Crippen LogP contribution in [0.3, 0.4) is 0 Å². The molecule has 2 N–H and O–H groups in total. The van der Waals surface area contributed by atoms with E-state index in [1.807, 2.05) is 6.08 Å². The highest BCUT2D eigenvalue weighted by atomic mass is 16.5. The lowest BCUT2D eigenvalue weighted by Gasteiger charge is -2.24. The molecule has 1 heterocycles. The minimum Gasteiger partial charge on any atom is -0.456 e. The monoisotopic (exact) mass is 272 g/mol. The van der Waals surface area contributed by atoms with Gasteiger partial charge < -0.3 is 4.74 Å². The van der Waals surface area contributed by atoms with Gasteiger partial charge in [0, 0.05) is 6.54 Å². The first-order chi connectivity index (χ1) is 9.78. The van der Waals surface area contributed by atoms with Crippen LogP contribution in [0.2, 0.25) is 0 Å². The molecule has 0 saturated carbocycles. The third-order valence-corrected chi connectivity index (χ3v) is 4.04. The number of esters is 1. The van der Waals surface area contributed by atoms with Crippen molar-refractivity contribution in [2.45, 2.75) is 37.8 Å². The summed E-state index contributed by atoms with van der Waals surface area (Å²) in [7, 11) is 0. The molecule has 0 bridgehead atoms. The van der Waals surface area contributed by atoms with Crippen LogP contribution in [-0.4, -0.2) is 18.6 Å². The molecule has 2 atom stereocenters. The van der Waals surface area contributed by atoms with Gasteiger partial charge in [-0.25, -0.2) is 5.43 Å². The molecular formula is C16H20N2O2. The third kappa shape index (κ3) is 2.62. The van der Waals surface area contributed by atoms with Crippen molar-refractivity contribution in [1.29, 1.82) is 0 Å². The van der Waals surface area contributed by atoms with E-state index in [1.54, 1.807) is 0 Å². The number of hydrogen-bond donors (Lipinski definition) is 2. The molecule has 1 aliphatic carbocycles. The molecule has 3 rings (SSSR count). The van der Waals surface area contributed by atoms with Gasteiger partial charge in [0.25, 0.3) is 0 Å². The zero-order valence-corrected chi connectivity index (χ0v) is 11.5. The standard InChI is InChI=1S/C16H20N2O2/c1-2-11-5-6-12-7-8-15(13(12)10-11)20-16(19)14-4-3-9-17-18-14/h2,5-6,10,14-15,17-18H,1,3-4,7-9H2/t14-,15+/m0/s1. The molecule has 1 aromatic rings. The van der Waals surface area contributed by atoms with Crippen molar-refractivity contribution < 1.29 is 9.53 Å². The number of hydrogen-bond acceptors (Lipinski definition) is 4. The van der Waals surface area contributed by atoms with E-state index in [9.17, 15) is 4.79 Å². The average molecular weight is 272 g/mol. The molecule has 1 saturated heterocycles. The molecule has 0 spiro atoms. The quantitative estimate of drug-likeness (QED) is 0.828. The number of benzene rings is 1. The number of nitrogens with one attached hydrogen (secondary N) is 2. The Morgan fingerprint density at radius 2 is 2.30 bits per heavy atom. The maximum absolute atomic E-state index is 12.2. The van der Waals surface area contributed by atoms with E-state index in [4.69, 9.17) is 4.74 Å². The Hall–Kier alpha value is -1.65. The van der Waals surface area contributed by atoms with E-state index in [-0.39, 0.29) is 18.1 Å². The largest absolute Gasteiger partial charge is 0.456 e. The van der Waals surface area contributed by atoms with Gasteiger partial charge in [0.15, 0.2) is 0 Å². The summed E-state index contributed by atoms with van der Waals surface area (Å²) in [4.78, 5) is 12.2. The summed E-state index contributed by atoms with van der Waals surface area (Å²) in [6, 6.07) is 6.03. The second-order valence-electron chi connectivity index (χ2n) is 5.39. The number of carbonyl (C=O) groups is 1. The van der Waals surface area contributed by atoms with Gasteiger partial charge in [-0.3, -0.25) is 10.2 Å².